The molecule has 0 atom stereocenters. The first kappa shape index (κ1) is 7.32. The van der Waals surface area contributed by atoms with Crippen molar-refractivity contribution in [2.45, 2.75) is 0 Å². The van der Waals surface area contributed by atoms with E-state index in [4.69, 9.17) is 0 Å². The Hall–Kier alpha value is -0.790. The Morgan fingerprint density at radius 2 is 2.30 bits per heavy atom. The fourth-order valence-electron chi connectivity index (χ4n) is 0.432. The lowest BCUT2D eigenvalue weighted by molar-refractivity contribution is -0.0467. The molecule has 0 aromatic carbocycles. The highest BCUT2D eigenvalue weighted by molar-refractivity contribution is 7.85. The van der Waals surface area contributed by atoms with Crippen LogP contribution in [0, 0.1) is 0 Å². The van der Waals surface area contributed by atoms with Crippen LogP contribution in [-0.2, 0) is 14.4 Å². The molecule has 1 aliphatic rings. The molecule has 0 aliphatic carbocycles. The van der Waals surface area contributed by atoms with E-state index in [1.165, 1.54) is 12.4 Å². The largest absolute Gasteiger partial charge is 0.308 e. The lowest BCUT2D eigenvalue weighted by Gasteiger charge is -2.11. The van der Waals surface area contributed by atoms with Gasteiger partial charge in [-0.05, 0) is 0 Å². The number of rotatable bonds is 2. The van der Waals surface area contributed by atoms with Crippen LogP contribution in [0.1, 0.15) is 0 Å². The Bertz CT molecular complexity index is 233. The second-order valence-electron chi connectivity index (χ2n) is 1.68. The molecule has 2 N–H and O–H groups in total. The third-order valence-electron chi connectivity index (χ3n) is 0.684. The number of hydroxylamine groups is 1. The number of hydrogen-bond donors (Lipinski definition) is 2. The molecule has 0 spiro atoms. The van der Waals surface area contributed by atoms with Gasteiger partial charge in [0.25, 0.3) is 10.1 Å². The molecule has 58 valence electrons. The van der Waals surface area contributed by atoms with Crippen molar-refractivity contribution in [2.24, 2.45) is 0 Å². The van der Waals surface area contributed by atoms with E-state index in [0.29, 0.717) is 0 Å². The quantitative estimate of drug-likeness (QED) is 0.528. The van der Waals surface area contributed by atoms with Gasteiger partial charge < -0.3 is 5.43 Å². The smallest absolute Gasteiger partial charge is 0.286 e. The SMILES string of the molecule is CS(=O)(=O)ON1C=CNN1. The molecular formula is C3H7N3O3S. The summed E-state index contributed by atoms with van der Waals surface area (Å²) in [5.41, 5.74) is 4.88. The predicted octanol–water partition coefficient (Wildman–Crippen LogP) is -1.33. The maximum Gasteiger partial charge on any atom is 0.286 e. The summed E-state index contributed by atoms with van der Waals surface area (Å²) < 4.78 is 25.2. The van der Waals surface area contributed by atoms with Crippen LogP contribution in [0.5, 0.6) is 0 Å². The van der Waals surface area contributed by atoms with Gasteiger partial charge in [-0.15, -0.1) is 9.82 Å². The third kappa shape index (κ3) is 2.21. The molecule has 7 heteroatoms. The second-order valence-corrected chi connectivity index (χ2v) is 3.23. The summed E-state index contributed by atoms with van der Waals surface area (Å²) in [4.78, 5) is 0. The maximum absolute atomic E-state index is 10.4. The standard InChI is InChI=1S/C3H7N3O3S/c1-10(7,8)9-6-3-2-4-5-6/h2-5H,1H3. The van der Waals surface area contributed by atoms with Gasteiger partial charge in [-0.3, -0.25) is 0 Å². The normalized spacial score (nSPS) is 17.5. The molecule has 0 amide bonds. The molecule has 0 bridgehead atoms. The lowest BCUT2D eigenvalue weighted by Crippen LogP contribution is -2.36. The van der Waals surface area contributed by atoms with Gasteiger partial charge >= 0.3 is 0 Å². The van der Waals surface area contributed by atoms with E-state index < -0.39 is 10.1 Å². The summed E-state index contributed by atoms with van der Waals surface area (Å²) in [5.74, 6) is 0. The number of nitrogens with zero attached hydrogens (tertiary/aromatic N) is 1. The molecule has 1 heterocycles. The van der Waals surface area contributed by atoms with Crippen LogP contribution >= 0.6 is 0 Å². The predicted molar refractivity (Wildman–Crippen MR) is 33.2 cm³/mol. The van der Waals surface area contributed by atoms with E-state index in [0.717, 1.165) is 11.4 Å². The molecule has 0 aromatic rings. The van der Waals surface area contributed by atoms with Gasteiger partial charge in [0.05, 0.1) is 12.5 Å². The lowest BCUT2D eigenvalue weighted by atomic mass is 11.0. The van der Waals surface area contributed by atoms with E-state index in [2.05, 4.69) is 15.2 Å². The summed E-state index contributed by atoms with van der Waals surface area (Å²) in [7, 11) is -3.44. The Morgan fingerprint density at radius 3 is 2.70 bits per heavy atom. The Balaban J connectivity index is 2.47. The molecular weight excluding hydrogens is 158 g/mol. The molecule has 6 nitrogen and oxygen atoms in total. The minimum absolute atomic E-state index is 0.940. The minimum atomic E-state index is -3.44. The molecule has 1 rings (SSSR count). The number of nitrogens with one attached hydrogen (secondary N) is 2. The van der Waals surface area contributed by atoms with Crippen molar-refractivity contribution >= 4 is 10.1 Å². The average molecular weight is 165 g/mol. The van der Waals surface area contributed by atoms with Crippen LogP contribution in [0.4, 0.5) is 0 Å². The second kappa shape index (κ2) is 2.45. The number of hydrogen-bond acceptors (Lipinski definition) is 6. The molecule has 0 radical (unpaired) electrons. The summed E-state index contributed by atoms with van der Waals surface area (Å²) in [6.07, 6.45) is 3.84. The topological polar surface area (TPSA) is 70.7 Å². The van der Waals surface area contributed by atoms with Gasteiger partial charge in [0, 0.05) is 6.20 Å². The summed E-state index contributed by atoms with van der Waals surface area (Å²) in [5, 5.41) is 0.940. The Labute approximate surface area is 58.5 Å². The van der Waals surface area contributed by atoms with Gasteiger partial charge in [0.1, 0.15) is 0 Å². The molecule has 0 aromatic heterocycles. The minimum Gasteiger partial charge on any atom is -0.308 e. The molecule has 0 unspecified atom stereocenters. The molecule has 10 heavy (non-hydrogen) atoms. The first-order valence-corrected chi connectivity index (χ1v) is 4.26. The van der Waals surface area contributed by atoms with E-state index in [1.807, 2.05) is 0 Å². The monoisotopic (exact) mass is 165 g/mol. The van der Waals surface area contributed by atoms with Gasteiger partial charge in [-0.2, -0.15) is 13.6 Å². The van der Waals surface area contributed by atoms with Gasteiger partial charge in [-0.1, -0.05) is 0 Å². The third-order valence-corrected chi connectivity index (χ3v) is 1.12. The first-order valence-electron chi connectivity index (χ1n) is 2.44. The first-order chi connectivity index (χ1) is 4.58. The van der Waals surface area contributed by atoms with Crippen LogP contribution in [-0.4, -0.2) is 19.8 Å². The van der Waals surface area contributed by atoms with Gasteiger partial charge in [0.2, 0.25) is 0 Å². The summed E-state index contributed by atoms with van der Waals surface area (Å²) >= 11 is 0. The van der Waals surface area contributed by atoms with Crippen molar-refractivity contribution in [1.29, 1.82) is 0 Å². The maximum atomic E-state index is 10.4. The van der Waals surface area contributed by atoms with Crippen LogP contribution in [0.2, 0.25) is 0 Å². The van der Waals surface area contributed by atoms with Crippen LogP contribution < -0.4 is 11.0 Å². The van der Waals surface area contributed by atoms with Crippen molar-refractivity contribution in [2.75, 3.05) is 6.26 Å². The highest BCUT2D eigenvalue weighted by Gasteiger charge is 2.09. The van der Waals surface area contributed by atoms with Crippen molar-refractivity contribution < 1.29 is 12.7 Å². The highest BCUT2D eigenvalue weighted by atomic mass is 32.2. The fourth-order valence-corrected chi connectivity index (χ4v) is 0.811. The van der Waals surface area contributed by atoms with Gasteiger partial charge in [-0.25, -0.2) is 0 Å². The zero-order chi connectivity index (χ0) is 7.61. The Kier molecular flexibility index (Phi) is 1.79. The molecule has 0 saturated heterocycles. The van der Waals surface area contributed by atoms with E-state index in [9.17, 15) is 8.42 Å². The molecule has 1 aliphatic heterocycles. The van der Waals surface area contributed by atoms with Crippen LogP contribution in [0.3, 0.4) is 0 Å². The van der Waals surface area contributed by atoms with Crippen molar-refractivity contribution in [3.05, 3.63) is 12.4 Å². The van der Waals surface area contributed by atoms with E-state index in [-0.39, 0.29) is 0 Å². The van der Waals surface area contributed by atoms with Crippen LogP contribution in [0.15, 0.2) is 12.4 Å². The van der Waals surface area contributed by atoms with Crippen molar-refractivity contribution in [3.63, 3.8) is 0 Å². The zero-order valence-electron chi connectivity index (χ0n) is 5.23. The summed E-state index contributed by atoms with van der Waals surface area (Å²) in [6.45, 7) is 0. The van der Waals surface area contributed by atoms with Crippen molar-refractivity contribution in [1.82, 2.24) is 16.1 Å². The molecule has 0 saturated carbocycles. The van der Waals surface area contributed by atoms with Crippen molar-refractivity contribution in [3.8, 4) is 0 Å². The summed E-state index contributed by atoms with van der Waals surface area (Å²) in [6, 6.07) is 0. The molecule has 0 fully saturated rings. The van der Waals surface area contributed by atoms with Crippen LogP contribution in [0.25, 0.3) is 0 Å². The number of hydrazine groups is 2. The van der Waals surface area contributed by atoms with E-state index >= 15 is 0 Å². The highest BCUT2D eigenvalue weighted by Crippen LogP contribution is 1.94. The fraction of sp³-hybridized carbons (Fsp3) is 0.333. The Morgan fingerprint density at radius 1 is 1.60 bits per heavy atom. The average Bonchev–Trinajstić information content (AvgIpc) is 2.12. The van der Waals surface area contributed by atoms with E-state index in [1.54, 1.807) is 0 Å². The van der Waals surface area contributed by atoms with Gasteiger partial charge in [0.15, 0.2) is 0 Å². The zero-order valence-corrected chi connectivity index (χ0v) is 6.05.